The average molecular weight is 221 g/mol. The van der Waals surface area contributed by atoms with Gasteiger partial charge in [0.2, 0.25) is 0 Å². The van der Waals surface area contributed by atoms with Crippen molar-refractivity contribution in [2.75, 3.05) is 6.54 Å². The van der Waals surface area contributed by atoms with Crippen LogP contribution < -0.4 is 5.32 Å². The van der Waals surface area contributed by atoms with Crippen LogP contribution in [0.15, 0.2) is 24.4 Å². The molecule has 74 valence electrons. The first-order valence-corrected chi connectivity index (χ1v) is 4.11. The maximum atomic E-state index is 4.30. The van der Waals surface area contributed by atoms with Gasteiger partial charge in [0.25, 0.3) is 0 Å². The summed E-state index contributed by atoms with van der Waals surface area (Å²) >= 11 is 0. The molecule has 1 atom stereocenters. The topological polar surface area (TPSA) is 24.9 Å². The van der Waals surface area contributed by atoms with Gasteiger partial charge < -0.3 is 5.32 Å². The maximum Gasteiger partial charge on any atom is 0.0573 e. The van der Waals surface area contributed by atoms with Gasteiger partial charge in [-0.05, 0) is 31.5 Å². The number of rotatable bonds is 1. The van der Waals surface area contributed by atoms with E-state index in [2.05, 4.69) is 16.4 Å². The smallest absolute Gasteiger partial charge is 0.0573 e. The summed E-state index contributed by atoms with van der Waals surface area (Å²) in [7, 11) is 0. The van der Waals surface area contributed by atoms with Gasteiger partial charge in [0, 0.05) is 12.2 Å². The number of nitrogens with one attached hydrogen (secondary N) is 1. The Kier molecular flexibility index (Phi) is 6.04. The fourth-order valence-corrected chi connectivity index (χ4v) is 1.52. The molecular weight excluding hydrogens is 207 g/mol. The summed E-state index contributed by atoms with van der Waals surface area (Å²) in [5.74, 6) is 0. The minimum Gasteiger partial charge on any atom is -0.309 e. The lowest BCUT2D eigenvalue weighted by atomic mass is 10.1. The molecule has 1 aliphatic heterocycles. The van der Waals surface area contributed by atoms with Crippen molar-refractivity contribution in [1.29, 1.82) is 0 Å². The molecule has 1 N–H and O–H groups in total. The van der Waals surface area contributed by atoms with Crippen LogP contribution in [-0.2, 0) is 0 Å². The fraction of sp³-hybridized carbons (Fsp3) is 0.444. The van der Waals surface area contributed by atoms with Crippen molar-refractivity contribution in [2.45, 2.75) is 18.9 Å². The van der Waals surface area contributed by atoms with Gasteiger partial charge in [-0.1, -0.05) is 6.07 Å². The molecule has 2 nitrogen and oxygen atoms in total. The van der Waals surface area contributed by atoms with Crippen molar-refractivity contribution in [3.63, 3.8) is 0 Å². The zero-order valence-electron chi connectivity index (χ0n) is 7.27. The number of hydrogen-bond donors (Lipinski definition) is 1. The summed E-state index contributed by atoms with van der Waals surface area (Å²) in [5, 5.41) is 3.41. The molecule has 1 aromatic rings. The average Bonchev–Trinajstić information content (AvgIpc) is 2.58. The minimum absolute atomic E-state index is 0. The largest absolute Gasteiger partial charge is 0.309 e. The summed E-state index contributed by atoms with van der Waals surface area (Å²) in [6, 6.07) is 6.60. The zero-order chi connectivity index (χ0) is 7.52. The van der Waals surface area contributed by atoms with Crippen LogP contribution in [0.5, 0.6) is 0 Å². The van der Waals surface area contributed by atoms with E-state index in [1.807, 2.05) is 18.3 Å². The molecule has 0 saturated carbocycles. The van der Waals surface area contributed by atoms with Crippen LogP contribution in [0.1, 0.15) is 24.6 Å². The van der Waals surface area contributed by atoms with E-state index in [4.69, 9.17) is 0 Å². The molecular formula is C9H14Cl2N2. The van der Waals surface area contributed by atoms with Gasteiger partial charge >= 0.3 is 0 Å². The molecule has 2 heterocycles. The zero-order valence-corrected chi connectivity index (χ0v) is 8.90. The molecule has 0 aliphatic carbocycles. The quantitative estimate of drug-likeness (QED) is 0.787. The molecule has 1 unspecified atom stereocenters. The number of halogens is 2. The van der Waals surface area contributed by atoms with E-state index < -0.39 is 0 Å². The van der Waals surface area contributed by atoms with Gasteiger partial charge in [-0.2, -0.15) is 0 Å². The van der Waals surface area contributed by atoms with Gasteiger partial charge in [-0.15, -0.1) is 24.8 Å². The van der Waals surface area contributed by atoms with Crippen LogP contribution in [0, 0.1) is 0 Å². The molecule has 2 rings (SSSR count). The Bertz CT molecular complexity index is 222. The Balaban J connectivity index is 0.000000720. The van der Waals surface area contributed by atoms with E-state index in [0.717, 1.165) is 6.54 Å². The van der Waals surface area contributed by atoms with Crippen LogP contribution in [0.4, 0.5) is 0 Å². The highest BCUT2D eigenvalue weighted by Crippen LogP contribution is 2.19. The third-order valence-corrected chi connectivity index (χ3v) is 2.11. The molecule has 0 aromatic carbocycles. The summed E-state index contributed by atoms with van der Waals surface area (Å²) in [6.07, 6.45) is 4.37. The Morgan fingerprint density at radius 2 is 2.15 bits per heavy atom. The van der Waals surface area contributed by atoms with Crippen molar-refractivity contribution in [1.82, 2.24) is 10.3 Å². The van der Waals surface area contributed by atoms with Crippen molar-refractivity contribution >= 4 is 24.8 Å². The Labute approximate surface area is 91.0 Å². The second-order valence-corrected chi connectivity index (χ2v) is 2.90. The summed E-state index contributed by atoms with van der Waals surface area (Å²) in [6.45, 7) is 1.14. The second kappa shape index (κ2) is 6.19. The maximum absolute atomic E-state index is 4.30. The highest BCUT2D eigenvalue weighted by atomic mass is 35.5. The van der Waals surface area contributed by atoms with Gasteiger partial charge in [-0.3, -0.25) is 4.98 Å². The van der Waals surface area contributed by atoms with Crippen LogP contribution in [0.25, 0.3) is 0 Å². The number of pyridine rings is 1. The van der Waals surface area contributed by atoms with E-state index in [1.54, 1.807) is 0 Å². The third kappa shape index (κ3) is 3.14. The summed E-state index contributed by atoms with van der Waals surface area (Å²) in [5.41, 5.74) is 1.19. The van der Waals surface area contributed by atoms with Crippen LogP contribution in [-0.4, -0.2) is 11.5 Å². The number of hydrogen-bond acceptors (Lipinski definition) is 2. The molecule has 1 saturated heterocycles. The van der Waals surface area contributed by atoms with E-state index in [9.17, 15) is 0 Å². The predicted molar refractivity (Wildman–Crippen MR) is 58.7 cm³/mol. The highest BCUT2D eigenvalue weighted by Gasteiger charge is 2.15. The first kappa shape index (κ1) is 12.7. The van der Waals surface area contributed by atoms with Crippen molar-refractivity contribution in [2.24, 2.45) is 0 Å². The summed E-state index contributed by atoms with van der Waals surface area (Å²) in [4.78, 5) is 4.30. The standard InChI is InChI=1S/C9H12N2.2ClH/c1-2-6-10-8(4-1)9-5-3-7-11-9;;/h1-2,4,6,9,11H,3,5,7H2;2*1H. The monoisotopic (exact) mass is 220 g/mol. The van der Waals surface area contributed by atoms with E-state index in [1.165, 1.54) is 18.5 Å². The molecule has 0 spiro atoms. The van der Waals surface area contributed by atoms with Crippen molar-refractivity contribution in [3.05, 3.63) is 30.1 Å². The second-order valence-electron chi connectivity index (χ2n) is 2.90. The van der Waals surface area contributed by atoms with Gasteiger partial charge in [-0.25, -0.2) is 0 Å². The van der Waals surface area contributed by atoms with E-state index in [-0.39, 0.29) is 24.8 Å². The summed E-state index contributed by atoms with van der Waals surface area (Å²) < 4.78 is 0. The fourth-order valence-electron chi connectivity index (χ4n) is 1.52. The molecule has 4 heteroatoms. The van der Waals surface area contributed by atoms with Gasteiger partial charge in [0.05, 0.1) is 5.69 Å². The van der Waals surface area contributed by atoms with Crippen molar-refractivity contribution < 1.29 is 0 Å². The number of nitrogens with zero attached hydrogens (tertiary/aromatic N) is 1. The number of aromatic nitrogens is 1. The minimum atomic E-state index is 0. The first-order valence-electron chi connectivity index (χ1n) is 4.11. The third-order valence-electron chi connectivity index (χ3n) is 2.11. The lowest BCUT2D eigenvalue weighted by molar-refractivity contribution is 0.628. The first-order chi connectivity index (χ1) is 5.47. The molecule has 1 aromatic heterocycles. The Morgan fingerprint density at radius 3 is 2.69 bits per heavy atom. The van der Waals surface area contributed by atoms with Crippen molar-refractivity contribution in [3.8, 4) is 0 Å². The van der Waals surface area contributed by atoms with Crippen LogP contribution in [0.3, 0.4) is 0 Å². The lowest BCUT2D eigenvalue weighted by Crippen LogP contribution is -2.13. The molecule has 0 amide bonds. The highest BCUT2D eigenvalue weighted by molar-refractivity contribution is 5.85. The Hall–Kier alpha value is -0.310. The molecule has 13 heavy (non-hydrogen) atoms. The lowest BCUT2D eigenvalue weighted by Gasteiger charge is -2.07. The van der Waals surface area contributed by atoms with Gasteiger partial charge in [0.1, 0.15) is 0 Å². The normalized spacial score (nSPS) is 20.2. The van der Waals surface area contributed by atoms with E-state index in [0.29, 0.717) is 6.04 Å². The van der Waals surface area contributed by atoms with E-state index >= 15 is 0 Å². The molecule has 1 aliphatic rings. The molecule has 1 fully saturated rings. The SMILES string of the molecule is Cl.Cl.c1ccc(C2CCCN2)nc1. The molecule has 0 radical (unpaired) electrons. The predicted octanol–water partition coefficient (Wildman–Crippen LogP) is 2.35. The van der Waals surface area contributed by atoms with Crippen LogP contribution >= 0.6 is 24.8 Å². The van der Waals surface area contributed by atoms with Crippen LogP contribution in [0.2, 0.25) is 0 Å². The molecule has 0 bridgehead atoms. The Morgan fingerprint density at radius 1 is 1.31 bits per heavy atom. The van der Waals surface area contributed by atoms with Gasteiger partial charge in [0.15, 0.2) is 0 Å².